The Labute approximate surface area is 223 Å². The molecule has 3 aromatic carbocycles. The van der Waals surface area contributed by atoms with Gasteiger partial charge in [-0.05, 0) is 61.0 Å². The first-order chi connectivity index (χ1) is 17.3. The molecule has 0 saturated heterocycles. The van der Waals surface area contributed by atoms with Gasteiger partial charge in [0.05, 0.1) is 25.6 Å². The van der Waals surface area contributed by atoms with Crippen LogP contribution in [0.15, 0.2) is 59.7 Å². The van der Waals surface area contributed by atoms with Crippen molar-refractivity contribution in [1.29, 1.82) is 0 Å². The Morgan fingerprint density at radius 1 is 0.917 bits per heavy atom. The summed E-state index contributed by atoms with van der Waals surface area (Å²) in [6.45, 7) is 2.38. The SMILES string of the molecule is CCOc1cc(/C=N/NC(=O)C(=O)Nc2cc(Cl)ccc2OC)ccc1OCc1c(Cl)cccc1Cl. The minimum atomic E-state index is -0.977. The zero-order valence-electron chi connectivity index (χ0n) is 19.3. The number of carbonyl (C=O) groups excluding carboxylic acids is 2. The molecule has 8 nitrogen and oxygen atoms in total. The second-order valence-electron chi connectivity index (χ2n) is 7.13. The lowest BCUT2D eigenvalue weighted by atomic mass is 10.2. The van der Waals surface area contributed by atoms with Gasteiger partial charge >= 0.3 is 11.8 Å². The van der Waals surface area contributed by atoms with Crippen molar-refractivity contribution in [3.63, 3.8) is 0 Å². The van der Waals surface area contributed by atoms with E-state index in [9.17, 15) is 9.59 Å². The Balaban J connectivity index is 1.64. The number of benzene rings is 3. The number of ether oxygens (including phenoxy) is 3. The van der Waals surface area contributed by atoms with Crippen LogP contribution < -0.4 is 25.0 Å². The molecule has 2 amide bonds. The van der Waals surface area contributed by atoms with Crippen LogP contribution in [0.1, 0.15) is 18.1 Å². The normalized spacial score (nSPS) is 10.7. The predicted octanol–water partition coefficient (Wildman–Crippen LogP) is 5.72. The second kappa shape index (κ2) is 13.0. The largest absolute Gasteiger partial charge is 0.495 e. The molecule has 0 aromatic heterocycles. The lowest BCUT2D eigenvalue weighted by Crippen LogP contribution is -2.32. The molecule has 0 spiro atoms. The van der Waals surface area contributed by atoms with Crippen LogP contribution in [-0.2, 0) is 16.2 Å². The lowest BCUT2D eigenvalue weighted by molar-refractivity contribution is -0.136. The third-order valence-corrected chi connectivity index (χ3v) is 5.64. The van der Waals surface area contributed by atoms with E-state index in [-0.39, 0.29) is 12.3 Å². The van der Waals surface area contributed by atoms with Gasteiger partial charge in [0.25, 0.3) is 0 Å². The first-order valence-electron chi connectivity index (χ1n) is 10.6. The Morgan fingerprint density at radius 2 is 1.64 bits per heavy atom. The molecule has 0 unspecified atom stereocenters. The lowest BCUT2D eigenvalue weighted by Gasteiger charge is -2.14. The van der Waals surface area contributed by atoms with E-state index < -0.39 is 11.8 Å². The Hall–Kier alpha value is -3.46. The Bertz CT molecular complexity index is 1260. The minimum absolute atomic E-state index is 0.147. The van der Waals surface area contributed by atoms with E-state index in [1.54, 1.807) is 48.5 Å². The molecule has 0 heterocycles. The third kappa shape index (κ3) is 7.27. The molecule has 2 N–H and O–H groups in total. The average Bonchev–Trinajstić information content (AvgIpc) is 2.85. The molecule has 36 heavy (non-hydrogen) atoms. The monoisotopic (exact) mass is 549 g/mol. The van der Waals surface area contributed by atoms with Crippen molar-refractivity contribution in [2.75, 3.05) is 19.0 Å². The van der Waals surface area contributed by atoms with Crippen LogP contribution >= 0.6 is 34.8 Å². The van der Waals surface area contributed by atoms with Crippen molar-refractivity contribution in [3.05, 3.63) is 80.8 Å². The molecule has 0 aliphatic carbocycles. The van der Waals surface area contributed by atoms with Gasteiger partial charge in [0, 0.05) is 20.6 Å². The topological polar surface area (TPSA) is 98.2 Å². The van der Waals surface area contributed by atoms with E-state index in [1.165, 1.54) is 19.4 Å². The van der Waals surface area contributed by atoms with Crippen LogP contribution in [0, 0.1) is 0 Å². The summed E-state index contributed by atoms with van der Waals surface area (Å²) in [5.74, 6) is -0.628. The van der Waals surface area contributed by atoms with Gasteiger partial charge in [-0.15, -0.1) is 0 Å². The van der Waals surface area contributed by atoms with Crippen LogP contribution in [0.4, 0.5) is 5.69 Å². The number of amides is 2. The van der Waals surface area contributed by atoms with Crippen LogP contribution in [0.2, 0.25) is 15.1 Å². The summed E-state index contributed by atoms with van der Waals surface area (Å²) in [7, 11) is 1.43. The first kappa shape index (κ1) is 27.1. The molecule has 0 aliphatic rings. The van der Waals surface area contributed by atoms with Gasteiger partial charge in [0.1, 0.15) is 12.4 Å². The fourth-order valence-electron chi connectivity index (χ4n) is 2.99. The van der Waals surface area contributed by atoms with Gasteiger partial charge < -0.3 is 19.5 Å². The maximum atomic E-state index is 12.2. The molecule has 3 aromatic rings. The van der Waals surface area contributed by atoms with E-state index >= 15 is 0 Å². The van der Waals surface area contributed by atoms with Crippen molar-refractivity contribution in [2.24, 2.45) is 5.10 Å². The van der Waals surface area contributed by atoms with E-state index in [4.69, 9.17) is 49.0 Å². The number of nitrogens with zero attached hydrogens (tertiary/aromatic N) is 1. The standard InChI is InChI=1S/C25H22Cl3N3O5/c1-3-35-23-11-15(7-9-22(23)36-14-17-18(27)5-4-6-19(17)28)13-29-31-25(33)24(32)30-20-12-16(26)8-10-21(20)34-2/h4-13H,3,14H2,1-2H3,(H,30,32)(H,31,33)/b29-13+. The third-order valence-electron chi connectivity index (χ3n) is 4.70. The summed E-state index contributed by atoms with van der Waals surface area (Å²) in [5, 5.41) is 7.64. The predicted molar refractivity (Wildman–Crippen MR) is 141 cm³/mol. The molecule has 188 valence electrons. The zero-order chi connectivity index (χ0) is 26.1. The highest BCUT2D eigenvalue weighted by molar-refractivity contribution is 6.40. The fraction of sp³-hybridized carbons (Fsp3) is 0.160. The van der Waals surface area contributed by atoms with Crippen molar-refractivity contribution in [3.8, 4) is 17.2 Å². The van der Waals surface area contributed by atoms with Crippen molar-refractivity contribution < 1.29 is 23.8 Å². The highest BCUT2D eigenvalue weighted by Gasteiger charge is 2.16. The molecule has 3 rings (SSSR count). The average molecular weight is 551 g/mol. The number of rotatable bonds is 9. The second-order valence-corrected chi connectivity index (χ2v) is 8.38. The number of anilines is 1. The maximum Gasteiger partial charge on any atom is 0.329 e. The van der Waals surface area contributed by atoms with E-state index in [2.05, 4.69) is 15.8 Å². The molecular formula is C25H22Cl3N3O5. The summed E-state index contributed by atoms with van der Waals surface area (Å²) in [6.07, 6.45) is 1.36. The fourth-order valence-corrected chi connectivity index (χ4v) is 3.66. The number of hydrogen-bond donors (Lipinski definition) is 2. The van der Waals surface area contributed by atoms with Gasteiger partial charge in [0.2, 0.25) is 0 Å². The van der Waals surface area contributed by atoms with Crippen molar-refractivity contribution in [1.82, 2.24) is 5.43 Å². The van der Waals surface area contributed by atoms with Crippen LogP contribution in [0.5, 0.6) is 17.2 Å². The van der Waals surface area contributed by atoms with Gasteiger partial charge in [-0.3, -0.25) is 9.59 Å². The van der Waals surface area contributed by atoms with Crippen LogP contribution in [0.25, 0.3) is 0 Å². The molecule has 11 heteroatoms. The Kier molecular flexibility index (Phi) is 9.81. The number of carbonyl (C=O) groups is 2. The quantitative estimate of drug-likeness (QED) is 0.202. The number of halogens is 3. The summed E-state index contributed by atoms with van der Waals surface area (Å²) < 4.78 is 16.7. The number of nitrogens with one attached hydrogen (secondary N) is 2. The van der Waals surface area contributed by atoms with Gasteiger partial charge in [0.15, 0.2) is 11.5 Å². The Morgan fingerprint density at radius 3 is 2.33 bits per heavy atom. The summed E-state index contributed by atoms with van der Waals surface area (Å²) in [4.78, 5) is 24.3. The highest BCUT2D eigenvalue weighted by atomic mass is 35.5. The van der Waals surface area contributed by atoms with E-state index in [0.717, 1.165) is 0 Å². The summed E-state index contributed by atoms with van der Waals surface area (Å²) in [5.41, 5.74) is 3.68. The number of methoxy groups -OCH3 is 1. The molecule has 0 radical (unpaired) electrons. The molecular weight excluding hydrogens is 529 g/mol. The van der Waals surface area contributed by atoms with E-state index in [0.29, 0.717) is 50.1 Å². The minimum Gasteiger partial charge on any atom is -0.495 e. The molecule has 0 bridgehead atoms. The molecule has 0 fully saturated rings. The highest BCUT2D eigenvalue weighted by Crippen LogP contribution is 2.31. The summed E-state index contributed by atoms with van der Waals surface area (Å²) in [6, 6.07) is 14.9. The number of hydrazone groups is 1. The molecule has 0 atom stereocenters. The van der Waals surface area contributed by atoms with Crippen molar-refractivity contribution >= 4 is 58.5 Å². The van der Waals surface area contributed by atoms with Crippen LogP contribution in [-0.4, -0.2) is 31.7 Å². The smallest absolute Gasteiger partial charge is 0.329 e. The van der Waals surface area contributed by atoms with Crippen LogP contribution in [0.3, 0.4) is 0 Å². The van der Waals surface area contributed by atoms with Gasteiger partial charge in [-0.1, -0.05) is 40.9 Å². The van der Waals surface area contributed by atoms with Gasteiger partial charge in [-0.2, -0.15) is 5.10 Å². The summed E-state index contributed by atoms with van der Waals surface area (Å²) >= 11 is 18.3. The van der Waals surface area contributed by atoms with Gasteiger partial charge in [-0.25, -0.2) is 5.43 Å². The van der Waals surface area contributed by atoms with Crippen molar-refractivity contribution in [2.45, 2.75) is 13.5 Å². The zero-order valence-corrected chi connectivity index (χ0v) is 21.6. The first-order valence-corrected chi connectivity index (χ1v) is 11.8. The number of hydrogen-bond acceptors (Lipinski definition) is 6. The molecule has 0 aliphatic heterocycles. The molecule has 0 saturated carbocycles. The maximum absolute atomic E-state index is 12.2. The van der Waals surface area contributed by atoms with E-state index in [1.807, 2.05) is 6.92 Å².